The molecule has 0 saturated heterocycles. The van der Waals surface area contributed by atoms with Crippen LogP contribution in [0.1, 0.15) is 26.3 Å². The number of fused-ring (bicyclic) bond motifs is 1. The molecule has 2 heterocycles. The molecular formula is C23H17NO6. The van der Waals surface area contributed by atoms with Gasteiger partial charge in [0.05, 0.1) is 19.8 Å². The van der Waals surface area contributed by atoms with Crippen LogP contribution in [-0.4, -0.2) is 31.0 Å². The Morgan fingerprint density at radius 2 is 1.80 bits per heavy atom. The molecule has 0 saturated carbocycles. The lowest BCUT2D eigenvalue weighted by molar-refractivity contribution is 0.0727. The van der Waals surface area contributed by atoms with E-state index in [1.807, 2.05) is 6.07 Å². The van der Waals surface area contributed by atoms with E-state index in [0.717, 1.165) is 5.56 Å². The zero-order valence-electron chi connectivity index (χ0n) is 16.2. The lowest BCUT2D eigenvalue weighted by Crippen LogP contribution is -2.12. The molecule has 0 amide bonds. The first-order valence-electron chi connectivity index (χ1n) is 9.02. The van der Waals surface area contributed by atoms with E-state index in [2.05, 4.69) is 4.98 Å². The van der Waals surface area contributed by atoms with Gasteiger partial charge in [-0.3, -0.25) is 9.78 Å². The number of allylic oxidation sites excluding steroid dienone is 1. The molecule has 150 valence electrons. The number of carbonyl (C=O) groups excluding carboxylic acids is 2. The summed E-state index contributed by atoms with van der Waals surface area (Å²) in [6, 6.07) is 13.2. The number of carbonyl (C=O) groups is 2. The highest BCUT2D eigenvalue weighted by molar-refractivity contribution is 6.14. The van der Waals surface area contributed by atoms with E-state index in [9.17, 15) is 9.59 Å². The van der Waals surface area contributed by atoms with Gasteiger partial charge in [-0.2, -0.15) is 0 Å². The quantitative estimate of drug-likeness (QED) is 0.362. The minimum Gasteiger partial charge on any atom is -0.496 e. The van der Waals surface area contributed by atoms with Crippen LogP contribution in [0.15, 0.2) is 66.7 Å². The highest BCUT2D eigenvalue weighted by atomic mass is 16.5. The fourth-order valence-corrected chi connectivity index (χ4v) is 3.05. The van der Waals surface area contributed by atoms with Gasteiger partial charge < -0.3 is 18.9 Å². The van der Waals surface area contributed by atoms with E-state index in [1.165, 1.54) is 26.4 Å². The molecule has 7 heteroatoms. The molecule has 0 aliphatic carbocycles. The number of hydrogen-bond donors (Lipinski definition) is 0. The van der Waals surface area contributed by atoms with E-state index in [1.54, 1.807) is 48.8 Å². The molecule has 2 aromatic carbocycles. The van der Waals surface area contributed by atoms with Crippen LogP contribution in [0.2, 0.25) is 0 Å². The van der Waals surface area contributed by atoms with Gasteiger partial charge in [0.1, 0.15) is 28.6 Å². The van der Waals surface area contributed by atoms with Crippen LogP contribution >= 0.6 is 0 Å². The average Bonchev–Trinajstić information content (AvgIpc) is 3.08. The second-order valence-electron chi connectivity index (χ2n) is 6.31. The lowest BCUT2D eigenvalue weighted by atomic mass is 10.1. The Morgan fingerprint density at radius 3 is 2.47 bits per heavy atom. The molecule has 0 radical (unpaired) electrons. The van der Waals surface area contributed by atoms with Crippen LogP contribution in [0.3, 0.4) is 0 Å². The van der Waals surface area contributed by atoms with Crippen LogP contribution in [0.4, 0.5) is 0 Å². The zero-order valence-corrected chi connectivity index (χ0v) is 16.2. The second kappa shape index (κ2) is 8.08. The number of esters is 1. The molecule has 1 aliphatic heterocycles. The Hall–Kier alpha value is -4.13. The Kier molecular flexibility index (Phi) is 5.17. The number of benzene rings is 2. The molecule has 1 aromatic heterocycles. The van der Waals surface area contributed by atoms with Crippen LogP contribution in [0.25, 0.3) is 6.08 Å². The van der Waals surface area contributed by atoms with Gasteiger partial charge in [0.25, 0.3) is 0 Å². The summed E-state index contributed by atoms with van der Waals surface area (Å²) >= 11 is 0. The first-order chi connectivity index (χ1) is 14.6. The number of pyridine rings is 1. The van der Waals surface area contributed by atoms with Gasteiger partial charge in [-0.1, -0.05) is 12.1 Å². The maximum Gasteiger partial charge on any atom is 0.351 e. The van der Waals surface area contributed by atoms with Crippen LogP contribution in [0.5, 0.6) is 23.0 Å². The summed E-state index contributed by atoms with van der Waals surface area (Å²) in [4.78, 5) is 29.3. The first kappa shape index (κ1) is 19.2. The van der Waals surface area contributed by atoms with Gasteiger partial charge >= 0.3 is 5.97 Å². The number of ether oxygens (including phenoxy) is 4. The predicted molar refractivity (Wildman–Crippen MR) is 108 cm³/mol. The van der Waals surface area contributed by atoms with Crippen molar-refractivity contribution >= 4 is 17.8 Å². The summed E-state index contributed by atoms with van der Waals surface area (Å²) in [7, 11) is 2.91. The number of methoxy groups -OCH3 is 2. The minimum atomic E-state index is -0.653. The first-order valence-corrected chi connectivity index (χ1v) is 9.02. The van der Waals surface area contributed by atoms with Crippen molar-refractivity contribution < 1.29 is 28.5 Å². The fourth-order valence-electron chi connectivity index (χ4n) is 3.05. The monoisotopic (exact) mass is 403 g/mol. The zero-order chi connectivity index (χ0) is 21.1. The molecular weight excluding hydrogens is 386 g/mol. The maximum absolute atomic E-state index is 12.7. The molecule has 0 N–H and O–H groups in total. The Labute approximate surface area is 172 Å². The van der Waals surface area contributed by atoms with Crippen molar-refractivity contribution in [1.82, 2.24) is 4.98 Å². The van der Waals surface area contributed by atoms with Crippen molar-refractivity contribution in [3.63, 3.8) is 0 Å². The summed E-state index contributed by atoms with van der Waals surface area (Å²) in [5.74, 6) is 0.461. The van der Waals surface area contributed by atoms with Gasteiger partial charge in [0, 0.05) is 18.5 Å². The molecule has 0 unspecified atom stereocenters. The van der Waals surface area contributed by atoms with Gasteiger partial charge in [0.2, 0.25) is 5.78 Å². The van der Waals surface area contributed by atoms with E-state index in [-0.39, 0.29) is 22.9 Å². The number of Topliss-reactive ketones (excluding diaryl/α,β-unsaturated/α-hetero) is 1. The summed E-state index contributed by atoms with van der Waals surface area (Å²) in [6.07, 6.45) is 4.88. The highest BCUT2D eigenvalue weighted by Gasteiger charge is 2.28. The third kappa shape index (κ3) is 3.60. The van der Waals surface area contributed by atoms with Gasteiger partial charge in [-0.15, -0.1) is 0 Å². The Balaban J connectivity index is 1.59. The minimum absolute atomic E-state index is 0.164. The molecule has 0 atom stereocenters. The summed E-state index contributed by atoms with van der Waals surface area (Å²) in [6.45, 7) is 0. The average molecular weight is 403 g/mol. The number of hydrogen-bond acceptors (Lipinski definition) is 7. The van der Waals surface area contributed by atoms with Crippen molar-refractivity contribution in [2.24, 2.45) is 0 Å². The number of ketones is 1. The van der Waals surface area contributed by atoms with Crippen LogP contribution in [0, 0.1) is 0 Å². The molecule has 1 aliphatic rings. The van der Waals surface area contributed by atoms with Crippen molar-refractivity contribution in [1.29, 1.82) is 0 Å². The van der Waals surface area contributed by atoms with E-state index < -0.39 is 5.97 Å². The number of rotatable bonds is 5. The van der Waals surface area contributed by atoms with E-state index >= 15 is 0 Å². The topological polar surface area (TPSA) is 84.0 Å². The molecule has 3 aromatic rings. The summed E-state index contributed by atoms with van der Waals surface area (Å²) < 4.78 is 21.6. The van der Waals surface area contributed by atoms with Gasteiger partial charge in [0.15, 0.2) is 5.76 Å². The molecule has 0 fully saturated rings. The summed E-state index contributed by atoms with van der Waals surface area (Å²) in [5.41, 5.74) is 1.29. The predicted octanol–water partition coefficient (Wildman–Crippen LogP) is 3.93. The van der Waals surface area contributed by atoms with E-state index in [0.29, 0.717) is 22.8 Å². The fraction of sp³-hybridized carbons (Fsp3) is 0.0870. The molecule has 4 rings (SSSR count). The lowest BCUT2D eigenvalue weighted by Gasteiger charge is -2.12. The highest BCUT2D eigenvalue weighted by Crippen LogP contribution is 2.36. The molecule has 0 spiro atoms. The normalized spacial score (nSPS) is 13.5. The summed E-state index contributed by atoms with van der Waals surface area (Å²) in [5, 5.41) is 0. The van der Waals surface area contributed by atoms with Crippen LogP contribution in [-0.2, 0) is 0 Å². The third-order valence-electron chi connectivity index (χ3n) is 4.47. The van der Waals surface area contributed by atoms with Gasteiger partial charge in [-0.25, -0.2) is 4.79 Å². The molecule has 7 nitrogen and oxygen atoms in total. The molecule has 0 bridgehead atoms. The van der Waals surface area contributed by atoms with Crippen molar-refractivity contribution in [3.8, 4) is 23.0 Å². The van der Waals surface area contributed by atoms with Crippen molar-refractivity contribution in [2.45, 2.75) is 0 Å². The Bertz CT molecular complexity index is 1130. The molecule has 30 heavy (non-hydrogen) atoms. The number of aromatic nitrogens is 1. The maximum atomic E-state index is 12.7. The van der Waals surface area contributed by atoms with Gasteiger partial charge in [-0.05, 0) is 42.0 Å². The standard InChI is InChI=1S/C23H17NO6/c1-27-17-6-3-7-18(28-2)21(17)23(26)29-15-8-9-16-19(12-15)30-20(22(16)25)11-14-5-4-10-24-13-14/h3-13H,1-2H3/b20-11-. The van der Waals surface area contributed by atoms with Crippen LogP contribution < -0.4 is 18.9 Å². The third-order valence-corrected chi connectivity index (χ3v) is 4.47. The van der Waals surface area contributed by atoms with Crippen molar-refractivity contribution in [3.05, 3.63) is 83.4 Å². The van der Waals surface area contributed by atoms with Crippen molar-refractivity contribution in [2.75, 3.05) is 14.2 Å². The second-order valence-corrected chi connectivity index (χ2v) is 6.31. The van der Waals surface area contributed by atoms with E-state index in [4.69, 9.17) is 18.9 Å². The largest absolute Gasteiger partial charge is 0.496 e. The SMILES string of the molecule is COc1cccc(OC)c1C(=O)Oc1ccc2c(c1)O/C(=C\c1cccnc1)C2=O. The Morgan fingerprint density at radius 1 is 1.03 bits per heavy atom. The smallest absolute Gasteiger partial charge is 0.351 e. The number of nitrogens with zero attached hydrogens (tertiary/aromatic N) is 1.